The van der Waals surface area contributed by atoms with Crippen LogP contribution in [0.15, 0.2) is 29.3 Å². The Kier molecular flexibility index (Phi) is 5.20. The molecule has 0 saturated heterocycles. The molecule has 1 aromatic carbocycles. The first kappa shape index (κ1) is 17.2. The Morgan fingerprint density at radius 3 is 2.65 bits per heavy atom. The second-order valence-corrected chi connectivity index (χ2v) is 7.64. The minimum absolute atomic E-state index is 0.155. The summed E-state index contributed by atoms with van der Waals surface area (Å²) in [6, 6.07) is 4.60. The second kappa shape index (κ2) is 6.95. The molecule has 2 aromatic rings. The van der Waals surface area contributed by atoms with Gasteiger partial charge in [-0.05, 0) is 49.9 Å². The topological polar surface area (TPSA) is 91.9 Å². The molecule has 2 N–H and O–H groups in total. The standard InChI is InChI=1S/C16H21N3O3S/c1-11-6-7-14(23(3,21)22)9-15(11)16(20)17-8-4-5-13-10-18-19-12(13)2/h6-7,9-10H,4-5,8H2,1-3H3,(H,17,20)(H,18,19). The Hall–Kier alpha value is -2.15. The van der Waals surface area contributed by atoms with Crippen molar-refractivity contribution in [2.24, 2.45) is 0 Å². The average Bonchev–Trinajstić information content (AvgIpc) is 2.88. The number of carbonyl (C=O) groups is 1. The monoisotopic (exact) mass is 335 g/mol. The Labute approximate surface area is 136 Å². The Balaban J connectivity index is 1.97. The number of rotatable bonds is 6. The molecular weight excluding hydrogens is 314 g/mol. The van der Waals surface area contributed by atoms with Crippen LogP contribution >= 0.6 is 0 Å². The number of hydrogen-bond acceptors (Lipinski definition) is 4. The van der Waals surface area contributed by atoms with Crippen molar-refractivity contribution in [2.75, 3.05) is 12.8 Å². The first-order valence-corrected chi connectivity index (χ1v) is 9.26. The lowest BCUT2D eigenvalue weighted by atomic mass is 10.1. The van der Waals surface area contributed by atoms with Gasteiger partial charge >= 0.3 is 0 Å². The maximum absolute atomic E-state index is 12.2. The Morgan fingerprint density at radius 2 is 2.04 bits per heavy atom. The lowest BCUT2D eigenvalue weighted by Crippen LogP contribution is -2.25. The summed E-state index contributed by atoms with van der Waals surface area (Å²) < 4.78 is 23.2. The molecule has 0 aliphatic rings. The molecule has 0 aliphatic carbocycles. The minimum atomic E-state index is -3.33. The fraction of sp³-hybridized carbons (Fsp3) is 0.375. The van der Waals surface area contributed by atoms with Crippen LogP contribution in [0, 0.1) is 13.8 Å². The first-order chi connectivity index (χ1) is 10.8. The van der Waals surface area contributed by atoms with Crippen molar-refractivity contribution < 1.29 is 13.2 Å². The summed E-state index contributed by atoms with van der Waals surface area (Å²) >= 11 is 0. The fourth-order valence-corrected chi connectivity index (χ4v) is 2.93. The van der Waals surface area contributed by atoms with E-state index in [1.165, 1.54) is 12.1 Å². The van der Waals surface area contributed by atoms with Crippen LogP contribution in [0.1, 0.15) is 33.6 Å². The number of nitrogens with zero attached hydrogens (tertiary/aromatic N) is 1. The van der Waals surface area contributed by atoms with E-state index in [1.54, 1.807) is 19.2 Å². The number of aromatic nitrogens is 2. The third-order valence-electron chi connectivity index (χ3n) is 3.72. The van der Waals surface area contributed by atoms with E-state index < -0.39 is 9.84 Å². The predicted octanol–water partition coefficient (Wildman–Crippen LogP) is 1.79. The third-order valence-corrected chi connectivity index (χ3v) is 4.83. The van der Waals surface area contributed by atoms with Crippen LogP contribution in [0.25, 0.3) is 0 Å². The average molecular weight is 335 g/mol. The van der Waals surface area contributed by atoms with Gasteiger partial charge in [-0.1, -0.05) is 6.07 Å². The molecule has 1 amide bonds. The zero-order valence-corrected chi connectivity index (χ0v) is 14.3. The van der Waals surface area contributed by atoms with Gasteiger partial charge in [0.15, 0.2) is 9.84 Å². The van der Waals surface area contributed by atoms with Gasteiger partial charge in [-0.3, -0.25) is 9.89 Å². The number of aromatic amines is 1. The minimum Gasteiger partial charge on any atom is -0.352 e. The van der Waals surface area contributed by atoms with Gasteiger partial charge in [-0.2, -0.15) is 5.10 Å². The third kappa shape index (κ3) is 4.41. The van der Waals surface area contributed by atoms with Crippen molar-refractivity contribution in [2.45, 2.75) is 31.6 Å². The van der Waals surface area contributed by atoms with Gasteiger partial charge in [0.25, 0.3) is 5.91 Å². The summed E-state index contributed by atoms with van der Waals surface area (Å²) in [5.74, 6) is -0.253. The van der Waals surface area contributed by atoms with Crippen LogP contribution in [0.5, 0.6) is 0 Å². The normalized spacial score (nSPS) is 11.4. The number of H-pyrrole nitrogens is 1. The van der Waals surface area contributed by atoms with Gasteiger partial charge in [-0.15, -0.1) is 0 Å². The van der Waals surface area contributed by atoms with Crippen LogP contribution in [0.2, 0.25) is 0 Å². The molecule has 0 fully saturated rings. The second-order valence-electron chi connectivity index (χ2n) is 5.63. The van der Waals surface area contributed by atoms with Gasteiger partial charge in [-0.25, -0.2) is 8.42 Å². The molecule has 7 heteroatoms. The van der Waals surface area contributed by atoms with E-state index in [4.69, 9.17) is 0 Å². The summed E-state index contributed by atoms with van der Waals surface area (Å²) in [6.45, 7) is 4.27. The van der Waals surface area contributed by atoms with Crippen molar-refractivity contribution in [3.8, 4) is 0 Å². The van der Waals surface area contributed by atoms with E-state index in [0.717, 1.165) is 35.9 Å². The van der Waals surface area contributed by atoms with Gasteiger partial charge in [0.05, 0.1) is 11.1 Å². The van der Waals surface area contributed by atoms with Crippen molar-refractivity contribution >= 4 is 15.7 Å². The van der Waals surface area contributed by atoms with E-state index in [-0.39, 0.29) is 10.8 Å². The van der Waals surface area contributed by atoms with Crippen molar-refractivity contribution in [1.82, 2.24) is 15.5 Å². The molecule has 0 atom stereocenters. The Bertz CT molecular complexity index is 810. The molecule has 0 unspecified atom stereocenters. The number of carbonyl (C=O) groups excluding carboxylic acids is 1. The molecule has 2 rings (SSSR count). The Morgan fingerprint density at radius 1 is 1.30 bits per heavy atom. The number of benzene rings is 1. The molecular formula is C16H21N3O3S. The molecule has 1 aromatic heterocycles. The molecule has 0 bridgehead atoms. The molecule has 0 radical (unpaired) electrons. The summed E-state index contributed by atoms with van der Waals surface area (Å²) in [5, 5.41) is 9.67. The van der Waals surface area contributed by atoms with E-state index in [9.17, 15) is 13.2 Å². The fourth-order valence-electron chi connectivity index (χ4n) is 2.28. The van der Waals surface area contributed by atoms with Gasteiger partial charge in [0.1, 0.15) is 0 Å². The molecule has 0 saturated carbocycles. The number of nitrogens with one attached hydrogen (secondary N) is 2. The number of hydrogen-bond donors (Lipinski definition) is 2. The molecule has 124 valence electrons. The van der Waals surface area contributed by atoms with Crippen molar-refractivity contribution in [3.05, 3.63) is 46.8 Å². The highest BCUT2D eigenvalue weighted by atomic mass is 32.2. The smallest absolute Gasteiger partial charge is 0.251 e. The molecule has 6 nitrogen and oxygen atoms in total. The van der Waals surface area contributed by atoms with Crippen molar-refractivity contribution in [1.29, 1.82) is 0 Å². The van der Waals surface area contributed by atoms with E-state index in [0.29, 0.717) is 12.1 Å². The van der Waals surface area contributed by atoms with Crippen LogP contribution in [0.3, 0.4) is 0 Å². The summed E-state index contributed by atoms with van der Waals surface area (Å²) in [4.78, 5) is 12.4. The summed E-state index contributed by atoms with van der Waals surface area (Å²) in [5.41, 5.74) is 3.32. The highest BCUT2D eigenvalue weighted by Gasteiger charge is 2.14. The van der Waals surface area contributed by atoms with Crippen molar-refractivity contribution in [3.63, 3.8) is 0 Å². The summed E-state index contributed by atoms with van der Waals surface area (Å²) in [6.07, 6.45) is 4.53. The lowest BCUT2D eigenvalue weighted by Gasteiger charge is -2.09. The highest BCUT2D eigenvalue weighted by molar-refractivity contribution is 7.90. The number of sulfone groups is 1. The van der Waals surface area contributed by atoms with Crippen LogP contribution in [0.4, 0.5) is 0 Å². The number of amides is 1. The van der Waals surface area contributed by atoms with E-state index >= 15 is 0 Å². The van der Waals surface area contributed by atoms with Crippen LogP contribution < -0.4 is 5.32 Å². The SMILES string of the molecule is Cc1ccc(S(C)(=O)=O)cc1C(=O)NCCCc1cn[nH]c1C. The largest absolute Gasteiger partial charge is 0.352 e. The van der Waals surface area contributed by atoms with Gasteiger partial charge < -0.3 is 5.32 Å². The molecule has 23 heavy (non-hydrogen) atoms. The first-order valence-electron chi connectivity index (χ1n) is 7.37. The maximum Gasteiger partial charge on any atom is 0.251 e. The van der Waals surface area contributed by atoms with Crippen LogP contribution in [-0.2, 0) is 16.3 Å². The lowest BCUT2D eigenvalue weighted by molar-refractivity contribution is 0.0952. The van der Waals surface area contributed by atoms with E-state index in [2.05, 4.69) is 15.5 Å². The maximum atomic E-state index is 12.2. The molecule has 0 aliphatic heterocycles. The zero-order valence-electron chi connectivity index (χ0n) is 13.5. The van der Waals surface area contributed by atoms with Gasteiger partial charge in [0, 0.05) is 24.1 Å². The molecule has 1 heterocycles. The number of aryl methyl sites for hydroxylation is 3. The van der Waals surface area contributed by atoms with Gasteiger partial charge in [0.2, 0.25) is 0 Å². The summed E-state index contributed by atoms with van der Waals surface area (Å²) in [7, 11) is -3.33. The van der Waals surface area contributed by atoms with Crippen LogP contribution in [-0.4, -0.2) is 37.3 Å². The highest BCUT2D eigenvalue weighted by Crippen LogP contribution is 2.15. The predicted molar refractivity (Wildman–Crippen MR) is 88.3 cm³/mol. The zero-order chi connectivity index (χ0) is 17.0. The van der Waals surface area contributed by atoms with E-state index in [1.807, 2.05) is 6.92 Å². The quantitative estimate of drug-likeness (QED) is 0.787. The molecule has 0 spiro atoms.